The van der Waals surface area contributed by atoms with Crippen LogP contribution in [0.5, 0.6) is 0 Å². The van der Waals surface area contributed by atoms with Crippen LogP contribution in [0.25, 0.3) is 21.9 Å². The molecule has 0 saturated carbocycles. The molecule has 2 aromatic rings. The minimum Gasteiger partial charge on any atom is -0.444 e. The highest BCUT2D eigenvalue weighted by Crippen LogP contribution is 2.17. The molecule has 0 N–H and O–H groups in total. The minimum absolute atomic E-state index is 0.215. The molecule has 0 aliphatic carbocycles. The van der Waals surface area contributed by atoms with Gasteiger partial charge in [-0.15, -0.1) is 0 Å². The second-order valence-electron chi connectivity index (χ2n) is 2.90. The average molecular weight is 200 g/mol. The molecule has 1 aromatic carbocycles. The van der Waals surface area contributed by atoms with Crippen LogP contribution in [-0.2, 0) is 6.54 Å². The number of aromatic nitrogens is 1. The summed E-state index contributed by atoms with van der Waals surface area (Å²) in [6, 6.07) is 9.55. The second-order valence-corrected chi connectivity index (χ2v) is 2.90. The maximum absolute atomic E-state index is 8.15. The minimum atomic E-state index is 0.215. The predicted molar refractivity (Wildman–Crippen MR) is 54.8 cm³/mol. The van der Waals surface area contributed by atoms with Crippen LogP contribution in [0.2, 0.25) is 0 Å². The van der Waals surface area contributed by atoms with Crippen LogP contribution in [0.3, 0.4) is 0 Å². The van der Waals surface area contributed by atoms with Crippen LogP contribution >= 0.6 is 0 Å². The summed E-state index contributed by atoms with van der Waals surface area (Å²) in [6.07, 6.45) is 1.50. The lowest BCUT2D eigenvalue weighted by molar-refractivity contribution is 0.572. The number of nitrogens with zero attached hydrogens (tertiary/aromatic N) is 4. The van der Waals surface area contributed by atoms with Gasteiger partial charge in [-0.25, -0.2) is 4.98 Å². The SMILES string of the molecule is [N-]=[N+]=NCc1coc(-c2ccccc2)n1. The van der Waals surface area contributed by atoms with Gasteiger partial charge in [0.2, 0.25) is 5.89 Å². The molecule has 5 heteroatoms. The summed E-state index contributed by atoms with van der Waals surface area (Å²) >= 11 is 0. The number of azide groups is 1. The lowest BCUT2D eigenvalue weighted by Crippen LogP contribution is -1.80. The molecule has 1 heterocycles. The first-order valence-electron chi connectivity index (χ1n) is 4.41. The molecule has 0 aliphatic heterocycles. The van der Waals surface area contributed by atoms with E-state index in [1.807, 2.05) is 30.3 Å². The van der Waals surface area contributed by atoms with Gasteiger partial charge in [0.25, 0.3) is 0 Å². The van der Waals surface area contributed by atoms with Crippen molar-refractivity contribution < 1.29 is 4.42 Å². The van der Waals surface area contributed by atoms with Gasteiger partial charge in [0.05, 0.1) is 12.2 Å². The third-order valence-corrected chi connectivity index (χ3v) is 1.87. The fourth-order valence-electron chi connectivity index (χ4n) is 1.20. The summed E-state index contributed by atoms with van der Waals surface area (Å²) in [7, 11) is 0. The van der Waals surface area contributed by atoms with E-state index in [1.165, 1.54) is 6.26 Å². The highest BCUT2D eigenvalue weighted by molar-refractivity contribution is 5.52. The highest BCUT2D eigenvalue weighted by Gasteiger charge is 2.04. The molecular weight excluding hydrogens is 192 g/mol. The molecule has 0 atom stereocenters. The second kappa shape index (κ2) is 4.30. The van der Waals surface area contributed by atoms with Crippen molar-refractivity contribution in [1.82, 2.24) is 4.98 Å². The Morgan fingerprint density at radius 2 is 2.13 bits per heavy atom. The molecule has 74 valence electrons. The summed E-state index contributed by atoms with van der Waals surface area (Å²) in [5, 5.41) is 3.41. The van der Waals surface area contributed by atoms with Crippen molar-refractivity contribution in [1.29, 1.82) is 0 Å². The summed E-state index contributed by atoms with van der Waals surface area (Å²) in [5.74, 6) is 0.540. The maximum atomic E-state index is 8.15. The molecule has 2 rings (SSSR count). The summed E-state index contributed by atoms with van der Waals surface area (Å²) in [6.45, 7) is 0.215. The number of benzene rings is 1. The summed E-state index contributed by atoms with van der Waals surface area (Å²) < 4.78 is 5.25. The normalized spacial score (nSPS) is 9.60. The van der Waals surface area contributed by atoms with Crippen molar-refractivity contribution in [2.45, 2.75) is 6.54 Å². The van der Waals surface area contributed by atoms with Gasteiger partial charge in [0.15, 0.2) is 0 Å². The van der Waals surface area contributed by atoms with Gasteiger partial charge in [-0.2, -0.15) is 0 Å². The molecular formula is C10H8N4O. The van der Waals surface area contributed by atoms with Gasteiger partial charge in [-0.1, -0.05) is 23.3 Å². The van der Waals surface area contributed by atoms with Gasteiger partial charge in [0, 0.05) is 10.5 Å². The van der Waals surface area contributed by atoms with Crippen molar-refractivity contribution in [3.05, 3.63) is 52.7 Å². The Balaban J connectivity index is 2.24. The van der Waals surface area contributed by atoms with E-state index in [1.54, 1.807) is 0 Å². The average Bonchev–Trinajstić information content (AvgIpc) is 2.76. The standard InChI is InChI=1S/C10H8N4O/c11-14-12-6-9-7-15-10(13-9)8-4-2-1-3-5-8/h1-5,7H,6H2. The fraction of sp³-hybridized carbons (Fsp3) is 0.100. The maximum Gasteiger partial charge on any atom is 0.226 e. The largest absolute Gasteiger partial charge is 0.444 e. The van der Waals surface area contributed by atoms with E-state index in [-0.39, 0.29) is 6.54 Å². The van der Waals surface area contributed by atoms with Crippen LogP contribution < -0.4 is 0 Å². The quantitative estimate of drug-likeness (QED) is 0.433. The predicted octanol–water partition coefficient (Wildman–Crippen LogP) is 3.15. The number of rotatable bonds is 3. The van der Waals surface area contributed by atoms with Gasteiger partial charge >= 0.3 is 0 Å². The van der Waals surface area contributed by atoms with Crippen LogP contribution in [0.15, 0.2) is 46.1 Å². The Labute approximate surface area is 86.0 Å². The van der Waals surface area contributed by atoms with Crippen molar-refractivity contribution in [2.75, 3.05) is 0 Å². The molecule has 0 unspecified atom stereocenters. The fourth-order valence-corrected chi connectivity index (χ4v) is 1.20. The zero-order chi connectivity index (χ0) is 10.5. The summed E-state index contributed by atoms with van der Waals surface area (Å²) in [4.78, 5) is 6.84. The lowest BCUT2D eigenvalue weighted by atomic mass is 10.2. The van der Waals surface area contributed by atoms with Crippen molar-refractivity contribution >= 4 is 0 Å². The molecule has 0 saturated heterocycles. The van der Waals surface area contributed by atoms with Crippen LogP contribution in [0.4, 0.5) is 0 Å². The lowest BCUT2D eigenvalue weighted by Gasteiger charge is -1.91. The molecule has 1 aromatic heterocycles. The van der Waals surface area contributed by atoms with E-state index in [4.69, 9.17) is 9.95 Å². The van der Waals surface area contributed by atoms with E-state index in [2.05, 4.69) is 15.0 Å². The Hall–Kier alpha value is -2.26. The molecule has 0 amide bonds. The Morgan fingerprint density at radius 1 is 1.33 bits per heavy atom. The molecule has 0 spiro atoms. The molecule has 0 bridgehead atoms. The van der Waals surface area contributed by atoms with Gasteiger partial charge in [-0.05, 0) is 17.7 Å². The van der Waals surface area contributed by atoms with E-state index in [9.17, 15) is 0 Å². The Kier molecular flexibility index (Phi) is 2.67. The van der Waals surface area contributed by atoms with Gasteiger partial charge in [-0.3, -0.25) is 0 Å². The molecule has 0 radical (unpaired) electrons. The van der Waals surface area contributed by atoms with E-state index >= 15 is 0 Å². The topological polar surface area (TPSA) is 74.8 Å². The van der Waals surface area contributed by atoms with Crippen LogP contribution in [-0.4, -0.2) is 4.98 Å². The summed E-state index contributed by atoms with van der Waals surface area (Å²) in [5.41, 5.74) is 9.69. The van der Waals surface area contributed by atoms with Crippen molar-refractivity contribution in [3.63, 3.8) is 0 Å². The zero-order valence-electron chi connectivity index (χ0n) is 7.87. The van der Waals surface area contributed by atoms with Crippen molar-refractivity contribution in [3.8, 4) is 11.5 Å². The molecule has 0 fully saturated rings. The molecule has 5 nitrogen and oxygen atoms in total. The van der Waals surface area contributed by atoms with Crippen molar-refractivity contribution in [2.24, 2.45) is 5.11 Å². The first-order chi connectivity index (χ1) is 7.40. The Bertz CT molecular complexity index is 485. The highest BCUT2D eigenvalue weighted by atomic mass is 16.3. The zero-order valence-corrected chi connectivity index (χ0v) is 7.87. The first kappa shape index (κ1) is 9.30. The number of hydrogen-bond donors (Lipinski definition) is 0. The molecule has 0 aliphatic rings. The number of hydrogen-bond acceptors (Lipinski definition) is 3. The van der Waals surface area contributed by atoms with E-state index < -0.39 is 0 Å². The number of oxazole rings is 1. The third kappa shape index (κ3) is 2.15. The van der Waals surface area contributed by atoms with Gasteiger partial charge < -0.3 is 4.42 Å². The smallest absolute Gasteiger partial charge is 0.226 e. The third-order valence-electron chi connectivity index (χ3n) is 1.87. The Morgan fingerprint density at radius 3 is 2.87 bits per heavy atom. The molecule has 15 heavy (non-hydrogen) atoms. The first-order valence-corrected chi connectivity index (χ1v) is 4.41. The van der Waals surface area contributed by atoms with Gasteiger partial charge in [0.1, 0.15) is 6.26 Å². The van der Waals surface area contributed by atoms with Crippen LogP contribution in [0.1, 0.15) is 5.69 Å². The van der Waals surface area contributed by atoms with E-state index in [0.29, 0.717) is 11.6 Å². The van der Waals surface area contributed by atoms with Crippen LogP contribution in [0, 0.1) is 0 Å². The monoisotopic (exact) mass is 200 g/mol. The van der Waals surface area contributed by atoms with E-state index in [0.717, 1.165) is 5.56 Å².